The zero-order valence-electron chi connectivity index (χ0n) is 8.88. The largest absolute Gasteiger partial charge is 0.377 e. The molecule has 1 aliphatic rings. The van der Waals surface area contributed by atoms with Gasteiger partial charge >= 0.3 is 0 Å². The van der Waals surface area contributed by atoms with Crippen LogP contribution in [0.3, 0.4) is 0 Å². The summed E-state index contributed by atoms with van der Waals surface area (Å²) in [5.41, 5.74) is 0. The number of rotatable bonds is 3. The minimum atomic E-state index is -0.327. The molecule has 1 rings (SSSR count). The Morgan fingerprint density at radius 1 is 1.07 bits per heavy atom. The van der Waals surface area contributed by atoms with Crippen LogP contribution < -0.4 is 0 Å². The molecule has 1 saturated heterocycles. The van der Waals surface area contributed by atoms with Crippen LogP contribution in [0.1, 0.15) is 26.7 Å². The maximum Gasteiger partial charge on any atom is 0.198 e. The second-order valence-electron chi connectivity index (χ2n) is 2.95. The summed E-state index contributed by atoms with van der Waals surface area (Å²) in [5.74, 6) is -0.584. The van der Waals surface area contributed by atoms with Crippen LogP contribution in [0.15, 0.2) is 0 Å². The highest BCUT2D eigenvalue weighted by Gasteiger charge is 2.03. The van der Waals surface area contributed by atoms with E-state index in [2.05, 4.69) is 0 Å². The molecular weight excluding hydrogens is 184 g/mol. The van der Waals surface area contributed by atoms with E-state index in [9.17, 15) is 9.59 Å². The number of Topliss-reactive ketones (excluding diaryl/α,β-unsaturated/α-hetero) is 2. The van der Waals surface area contributed by atoms with Gasteiger partial charge in [0.25, 0.3) is 0 Å². The Morgan fingerprint density at radius 2 is 1.50 bits per heavy atom. The van der Waals surface area contributed by atoms with Crippen molar-refractivity contribution in [3.8, 4) is 0 Å². The van der Waals surface area contributed by atoms with Crippen LogP contribution in [0.5, 0.6) is 0 Å². The highest BCUT2D eigenvalue weighted by molar-refractivity contribution is 6.36. The maximum atomic E-state index is 10.4. The Morgan fingerprint density at radius 3 is 1.64 bits per heavy atom. The van der Waals surface area contributed by atoms with E-state index in [1.54, 1.807) is 0 Å². The van der Waals surface area contributed by atoms with Crippen molar-refractivity contribution >= 4 is 11.6 Å². The molecule has 1 fully saturated rings. The molecule has 0 spiro atoms. The number of hydrogen-bond acceptors (Lipinski definition) is 4. The van der Waals surface area contributed by atoms with Crippen LogP contribution in [-0.4, -0.2) is 38.0 Å². The lowest BCUT2D eigenvalue weighted by Gasteiger charge is -2.09. The van der Waals surface area contributed by atoms with Crippen LogP contribution in [0.4, 0.5) is 0 Å². The molecule has 0 unspecified atom stereocenters. The number of hydrogen-bond donors (Lipinski definition) is 0. The Kier molecular flexibility index (Phi) is 8.37. The number of carbonyl (C=O) groups is 2. The smallest absolute Gasteiger partial charge is 0.198 e. The standard InChI is InChI=1S/C6H10O2.C4H8O2/c1-3-4-6(8)5(2)7;1-2-6-4-3-5-1/h3-4H2,1-2H3;1-4H2. The van der Waals surface area contributed by atoms with Gasteiger partial charge in [-0.2, -0.15) is 0 Å². The zero-order chi connectivity index (χ0) is 10.8. The molecule has 0 N–H and O–H groups in total. The number of ketones is 2. The highest BCUT2D eigenvalue weighted by atomic mass is 16.6. The lowest BCUT2D eigenvalue weighted by atomic mass is 10.2. The average Bonchev–Trinajstić information content (AvgIpc) is 2.21. The predicted octanol–water partition coefficient (Wildman–Crippen LogP) is 0.978. The Labute approximate surface area is 84.6 Å². The van der Waals surface area contributed by atoms with E-state index in [1.165, 1.54) is 6.92 Å². The molecule has 0 atom stereocenters. The lowest BCUT2D eigenvalue weighted by molar-refractivity contribution is -0.135. The Bertz CT molecular complexity index is 161. The van der Waals surface area contributed by atoms with E-state index >= 15 is 0 Å². The first-order chi connectivity index (χ1) is 6.68. The van der Waals surface area contributed by atoms with Crippen LogP contribution in [0.25, 0.3) is 0 Å². The second kappa shape index (κ2) is 8.84. The first kappa shape index (κ1) is 13.3. The number of ether oxygens (including phenoxy) is 2. The van der Waals surface area contributed by atoms with Crippen LogP contribution >= 0.6 is 0 Å². The van der Waals surface area contributed by atoms with Crippen LogP contribution in [-0.2, 0) is 19.1 Å². The van der Waals surface area contributed by atoms with Gasteiger partial charge in [-0.1, -0.05) is 6.92 Å². The molecule has 14 heavy (non-hydrogen) atoms. The third-order valence-corrected chi connectivity index (χ3v) is 1.61. The topological polar surface area (TPSA) is 52.6 Å². The van der Waals surface area contributed by atoms with Crippen molar-refractivity contribution in [3.63, 3.8) is 0 Å². The fourth-order valence-electron chi connectivity index (χ4n) is 0.843. The summed E-state index contributed by atoms with van der Waals surface area (Å²) in [5, 5.41) is 0. The van der Waals surface area contributed by atoms with Gasteiger partial charge in [0.1, 0.15) is 0 Å². The molecule has 0 radical (unpaired) electrons. The van der Waals surface area contributed by atoms with Gasteiger partial charge in [0, 0.05) is 13.3 Å². The van der Waals surface area contributed by atoms with E-state index in [-0.39, 0.29) is 11.6 Å². The van der Waals surface area contributed by atoms with Gasteiger partial charge in [0.2, 0.25) is 0 Å². The first-order valence-electron chi connectivity index (χ1n) is 4.87. The van der Waals surface area contributed by atoms with Crippen molar-refractivity contribution in [2.24, 2.45) is 0 Å². The van der Waals surface area contributed by atoms with Crippen molar-refractivity contribution in [3.05, 3.63) is 0 Å². The average molecular weight is 202 g/mol. The van der Waals surface area contributed by atoms with E-state index in [0.29, 0.717) is 6.42 Å². The molecule has 82 valence electrons. The third-order valence-electron chi connectivity index (χ3n) is 1.61. The molecule has 0 aromatic heterocycles. The molecule has 0 amide bonds. The molecule has 0 aromatic rings. The van der Waals surface area contributed by atoms with Gasteiger partial charge < -0.3 is 9.47 Å². The normalized spacial score (nSPS) is 15.3. The van der Waals surface area contributed by atoms with E-state index in [1.807, 2.05) is 6.92 Å². The molecule has 4 heteroatoms. The molecule has 0 bridgehead atoms. The van der Waals surface area contributed by atoms with Gasteiger partial charge in [-0.3, -0.25) is 9.59 Å². The van der Waals surface area contributed by atoms with Gasteiger partial charge in [0.15, 0.2) is 11.6 Å². The van der Waals surface area contributed by atoms with Gasteiger partial charge in [0.05, 0.1) is 26.4 Å². The Hall–Kier alpha value is -0.740. The summed E-state index contributed by atoms with van der Waals surface area (Å²) >= 11 is 0. The molecule has 1 aliphatic heterocycles. The van der Waals surface area contributed by atoms with E-state index in [0.717, 1.165) is 32.8 Å². The van der Waals surface area contributed by atoms with E-state index < -0.39 is 0 Å². The second-order valence-corrected chi connectivity index (χ2v) is 2.95. The first-order valence-corrected chi connectivity index (χ1v) is 4.87. The summed E-state index contributed by atoms with van der Waals surface area (Å²) in [6, 6.07) is 0. The maximum absolute atomic E-state index is 10.4. The fourth-order valence-corrected chi connectivity index (χ4v) is 0.843. The lowest BCUT2D eigenvalue weighted by Crippen LogP contribution is -2.16. The predicted molar refractivity (Wildman–Crippen MR) is 52.2 cm³/mol. The molecule has 4 nitrogen and oxygen atoms in total. The molecule has 0 aliphatic carbocycles. The summed E-state index contributed by atoms with van der Waals surface area (Å²) < 4.78 is 9.89. The van der Waals surface area contributed by atoms with E-state index in [4.69, 9.17) is 9.47 Å². The Balaban J connectivity index is 0.000000249. The van der Waals surface area contributed by atoms with Crippen molar-refractivity contribution in [2.75, 3.05) is 26.4 Å². The summed E-state index contributed by atoms with van der Waals surface area (Å²) in [6.07, 6.45) is 1.16. The van der Waals surface area contributed by atoms with Crippen molar-refractivity contribution < 1.29 is 19.1 Å². The van der Waals surface area contributed by atoms with Gasteiger partial charge in [-0.05, 0) is 6.42 Å². The minimum absolute atomic E-state index is 0.257. The zero-order valence-corrected chi connectivity index (χ0v) is 8.88. The summed E-state index contributed by atoms with van der Waals surface area (Å²) in [7, 11) is 0. The van der Waals surface area contributed by atoms with Crippen molar-refractivity contribution in [1.29, 1.82) is 0 Å². The SMILES string of the molecule is C1COCCO1.CCCC(=O)C(C)=O. The summed E-state index contributed by atoms with van der Waals surface area (Å²) in [4.78, 5) is 20.6. The minimum Gasteiger partial charge on any atom is -0.377 e. The van der Waals surface area contributed by atoms with Gasteiger partial charge in [-0.15, -0.1) is 0 Å². The molecule has 1 heterocycles. The third kappa shape index (κ3) is 7.89. The molecule has 0 aromatic carbocycles. The summed E-state index contributed by atoms with van der Waals surface area (Å²) in [6.45, 7) is 6.29. The number of carbonyl (C=O) groups excluding carboxylic acids is 2. The fraction of sp³-hybridized carbons (Fsp3) is 0.800. The van der Waals surface area contributed by atoms with Crippen LogP contribution in [0.2, 0.25) is 0 Å². The molecular formula is C10H18O4. The highest BCUT2D eigenvalue weighted by Crippen LogP contribution is 1.88. The monoisotopic (exact) mass is 202 g/mol. The van der Waals surface area contributed by atoms with Crippen LogP contribution in [0, 0.1) is 0 Å². The molecule has 0 saturated carbocycles. The van der Waals surface area contributed by atoms with Crippen molar-refractivity contribution in [1.82, 2.24) is 0 Å². The van der Waals surface area contributed by atoms with Crippen molar-refractivity contribution in [2.45, 2.75) is 26.7 Å². The quantitative estimate of drug-likeness (QED) is 0.640. The van der Waals surface area contributed by atoms with Gasteiger partial charge in [-0.25, -0.2) is 0 Å².